The van der Waals surface area contributed by atoms with Gasteiger partial charge in [0.1, 0.15) is 0 Å². The average molecular weight is 396 g/mol. The van der Waals surface area contributed by atoms with E-state index >= 15 is 0 Å². The largest absolute Gasteiger partial charge is 0.330 e. The molecule has 7 heteroatoms. The number of nitrogens with one attached hydrogen (secondary N) is 1. The van der Waals surface area contributed by atoms with Crippen LogP contribution in [0.2, 0.25) is 0 Å². The fourth-order valence-corrected chi connectivity index (χ4v) is 4.07. The Morgan fingerprint density at radius 3 is 2.46 bits per heavy atom. The van der Waals surface area contributed by atoms with Gasteiger partial charge < -0.3 is 9.80 Å². The molecule has 0 amide bonds. The Morgan fingerprint density at radius 1 is 1.04 bits per heavy atom. The zero-order valence-electron chi connectivity index (χ0n) is 16.5. The molecule has 146 valence electrons. The maximum absolute atomic E-state index is 5.80. The van der Waals surface area contributed by atoms with E-state index in [0.29, 0.717) is 5.92 Å². The van der Waals surface area contributed by atoms with Crippen LogP contribution in [-0.2, 0) is 6.67 Å². The van der Waals surface area contributed by atoms with Crippen LogP contribution >= 0.6 is 12.2 Å². The van der Waals surface area contributed by atoms with E-state index in [-0.39, 0.29) is 0 Å². The maximum atomic E-state index is 5.80. The van der Waals surface area contributed by atoms with Crippen molar-refractivity contribution in [3.05, 3.63) is 65.5 Å². The van der Waals surface area contributed by atoms with E-state index in [1.54, 1.807) is 12.4 Å². The number of anilines is 1. The van der Waals surface area contributed by atoms with Crippen LogP contribution in [0.25, 0.3) is 5.69 Å². The molecular weight excluding hydrogens is 368 g/mol. The van der Waals surface area contributed by atoms with Crippen molar-refractivity contribution in [1.29, 1.82) is 0 Å². The van der Waals surface area contributed by atoms with Crippen LogP contribution in [-0.4, -0.2) is 45.3 Å². The maximum Gasteiger partial charge on any atom is 0.225 e. The van der Waals surface area contributed by atoms with Gasteiger partial charge in [-0.15, -0.1) is 0 Å². The van der Waals surface area contributed by atoms with Gasteiger partial charge in [-0.05, 0) is 35.8 Å². The lowest BCUT2D eigenvalue weighted by Crippen LogP contribution is -3.14. The molecule has 6 nitrogen and oxygen atoms in total. The number of benzene rings is 1. The Balaban J connectivity index is 1.46. The van der Waals surface area contributed by atoms with Gasteiger partial charge in [0, 0.05) is 24.8 Å². The molecule has 0 aliphatic carbocycles. The van der Waals surface area contributed by atoms with E-state index in [1.807, 2.05) is 6.07 Å². The first-order valence-corrected chi connectivity index (χ1v) is 10.3. The highest BCUT2D eigenvalue weighted by Gasteiger charge is 2.22. The molecular formula is C21H27N6S+. The third-order valence-electron chi connectivity index (χ3n) is 5.37. The minimum absolute atomic E-state index is 0.459. The molecule has 0 spiro atoms. The molecule has 28 heavy (non-hydrogen) atoms. The van der Waals surface area contributed by atoms with Crippen LogP contribution in [0.5, 0.6) is 0 Å². The lowest BCUT2D eigenvalue weighted by Gasteiger charge is -2.32. The fourth-order valence-electron chi connectivity index (χ4n) is 3.79. The molecule has 1 aromatic carbocycles. The second-order valence-electron chi connectivity index (χ2n) is 7.58. The van der Waals surface area contributed by atoms with Crippen molar-refractivity contribution < 1.29 is 4.90 Å². The predicted octanol–water partition coefficient (Wildman–Crippen LogP) is 2.28. The second-order valence-corrected chi connectivity index (χ2v) is 7.94. The third kappa shape index (κ3) is 3.86. The molecule has 0 bridgehead atoms. The average Bonchev–Trinajstić information content (AvgIpc) is 3.09. The van der Waals surface area contributed by atoms with Crippen LogP contribution in [0.15, 0.2) is 55.1 Å². The molecule has 1 N–H and O–H groups in total. The molecule has 0 saturated carbocycles. The molecule has 1 aliphatic rings. The fraction of sp³-hybridized carbons (Fsp3) is 0.381. The third-order valence-corrected chi connectivity index (χ3v) is 5.80. The first-order chi connectivity index (χ1) is 13.6. The number of hydrogen-bond acceptors (Lipinski definition) is 4. The minimum Gasteiger partial charge on any atom is -0.330 e. The summed E-state index contributed by atoms with van der Waals surface area (Å²) in [6, 6.07) is 10.4. The van der Waals surface area contributed by atoms with Gasteiger partial charge >= 0.3 is 0 Å². The summed E-state index contributed by atoms with van der Waals surface area (Å²) < 4.78 is 5.18. The van der Waals surface area contributed by atoms with Crippen LogP contribution in [0, 0.1) is 4.77 Å². The molecule has 3 heterocycles. The number of nitrogens with zero attached hydrogens (tertiary/aromatic N) is 5. The van der Waals surface area contributed by atoms with Crippen molar-refractivity contribution in [3.63, 3.8) is 0 Å². The molecule has 0 atom stereocenters. The van der Waals surface area contributed by atoms with E-state index in [1.165, 1.54) is 16.2 Å². The summed E-state index contributed by atoms with van der Waals surface area (Å²) in [5.41, 5.74) is 2.50. The van der Waals surface area contributed by atoms with Crippen LogP contribution in [0.4, 0.5) is 5.95 Å². The first-order valence-electron chi connectivity index (χ1n) is 9.86. The number of imidazole rings is 1. The first kappa shape index (κ1) is 18.8. The van der Waals surface area contributed by atoms with E-state index in [0.717, 1.165) is 43.6 Å². The minimum atomic E-state index is 0.459. The van der Waals surface area contributed by atoms with E-state index < -0.39 is 0 Å². The second kappa shape index (κ2) is 8.24. The van der Waals surface area contributed by atoms with E-state index in [9.17, 15) is 0 Å². The number of rotatable bonds is 5. The molecule has 0 unspecified atom stereocenters. The Bertz CT molecular complexity index is 970. The zero-order valence-corrected chi connectivity index (χ0v) is 17.3. The highest BCUT2D eigenvalue weighted by molar-refractivity contribution is 7.71. The molecule has 1 fully saturated rings. The molecule has 1 aliphatic heterocycles. The van der Waals surface area contributed by atoms with Gasteiger partial charge in [-0.1, -0.05) is 32.0 Å². The Labute approximate surface area is 171 Å². The van der Waals surface area contributed by atoms with Crippen molar-refractivity contribution in [1.82, 2.24) is 19.1 Å². The van der Waals surface area contributed by atoms with Gasteiger partial charge in [0.2, 0.25) is 5.95 Å². The van der Waals surface area contributed by atoms with Gasteiger partial charge in [0.05, 0.1) is 31.9 Å². The number of para-hydroxylation sites is 1. The summed E-state index contributed by atoms with van der Waals surface area (Å²) in [5, 5.41) is 0. The Kier molecular flexibility index (Phi) is 5.54. The van der Waals surface area contributed by atoms with Crippen LogP contribution in [0.1, 0.15) is 25.3 Å². The number of piperazine rings is 1. The summed E-state index contributed by atoms with van der Waals surface area (Å²) in [6.45, 7) is 9.35. The number of aromatic nitrogens is 4. The number of quaternary nitrogens is 1. The lowest BCUT2D eigenvalue weighted by molar-refractivity contribution is -0.923. The lowest BCUT2D eigenvalue weighted by atomic mass is 10.0. The Hall–Kier alpha value is -2.51. The monoisotopic (exact) mass is 395 g/mol. The quantitative estimate of drug-likeness (QED) is 0.673. The highest BCUT2D eigenvalue weighted by atomic mass is 32.1. The summed E-state index contributed by atoms with van der Waals surface area (Å²) >= 11 is 5.80. The SMILES string of the molecule is CC(C)c1ccccc1-n1ccn(C[NH+]2CCN(c3ncccn3)CC2)c1=S. The van der Waals surface area contributed by atoms with Crippen molar-refractivity contribution >= 4 is 18.2 Å². The van der Waals surface area contributed by atoms with Gasteiger partial charge in [-0.3, -0.25) is 9.13 Å². The van der Waals surface area contributed by atoms with Crippen molar-refractivity contribution in [2.75, 3.05) is 31.1 Å². The summed E-state index contributed by atoms with van der Waals surface area (Å²) in [7, 11) is 0. The number of hydrogen-bond donors (Lipinski definition) is 1. The summed E-state index contributed by atoms with van der Waals surface area (Å²) in [6.07, 6.45) is 7.81. The smallest absolute Gasteiger partial charge is 0.225 e. The van der Waals surface area contributed by atoms with Crippen LogP contribution in [0.3, 0.4) is 0 Å². The van der Waals surface area contributed by atoms with Gasteiger partial charge in [0.15, 0.2) is 11.4 Å². The van der Waals surface area contributed by atoms with Crippen molar-refractivity contribution in [3.8, 4) is 5.69 Å². The standard InChI is InChI=1S/C21H26N6S/c1-17(2)18-6-3-4-7-19(18)27-15-14-26(21(27)28)16-24-10-12-25(13-11-24)20-22-8-5-9-23-20/h3-9,14-15,17H,10-13,16H2,1-2H3/p+1. The van der Waals surface area contributed by atoms with Crippen molar-refractivity contribution in [2.24, 2.45) is 0 Å². The van der Waals surface area contributed by atoms with Gasteiger partial charge in [-0.25, -0.2) is 9.97 Å². The van der Waals surface area contributed by atoms with Crippen molar-refractivity contribution in [2.45, 2.75) is 26.4 Å². The van der Waals surface area contributed by atoms with E-state index in [4.69, 9.17) is 12.2 Å². The van der Waals surface area contributed by atoms with Gasteiger partial charge in [0.25, 0.3) is 0 Å². The summed E-state index contributed by atoms with van der Waals surface area (Å²) in [4.78, 5) is 12.5. The summed E-state index contributed by atoms with van der Waals surface area (Å²) in [5.74, 6) is 1.29. The predicted molar refractivity (Wildman–Crippen MR) is 114 cm³/mol. The van der Waals surface area contributed by atoms with Crippen LogP contribution < -0.4 is 9.80 Å². The van der Waals surface area contributed by atoms with Gasteiger partial charge in [-0.2, -0.15) is 0 Å². The molecule has 4 rings (SSSR count). The highest BCUT2D eigenvalue weighted by Crippen LogP contribution is 2.23. The van der Waals surface area contributed by atoms with E-state index in [2.05, 4.69) is 74.5 Å². The molecule has 1 saturated heterocycles. The normalized spacial score (nSPS) is 15.3. The molecule has 3 aromatic rings. The zero-order chi connectivity index (χ0) is 19.5. The molecule has 0 radical (unpaired) electrons. The molecule has 2 aromatic heterocycles. The Morgan fingerprint density at radius 2 is 1.75 bits per heavy atom. The topological polar surface area (TPSA) is 43.3 Å².